The molecular weight excluding hydrogens is 529 g/mol. The molecule has 39 heavy (non-hydrogen) atoms. The van der Waals surface area contributed by atoms with E-state index < -0.39 is 36.7 Å². The van der Waals surface area contributed by atoms with Gasteiger partial charge < -0.3 is 35.6 Å². The number of aliphatic carboxylic acids is 1. The molecule has 5 rings (SSSR count). The summed E-state index contributed by atoms with van der Waals surface area (Å²) in [5.41, 5.74) is 7.98. The van der Waals surface area contributed by atoms with Crippen molar-refractivity contribution in [2.45, 2.75) is 44.1 Å². The van der Waals surface area contributed by atoms with E-state index in [0.29, 0.717) is 29.5 Å². The minimum atomic E-state index is -5.08. The average molecular weight is 552 g/mol. The number of alkyl halides is 3. The Bertz CT molecular complexity index is 1430. The van der Waals surface area contributed by atoms with E-state index >= 15 is 0 Å². The highest BCUT2D eigenvalue weighted by Crippen LogP contribution is 2.39. The number of halogens is 3. The molecule has 1 aliphatic rings. The number of carboxylic acids is 1. The van der Waals surface area contributed by atoms with Crippen LogP contribution in [0.2, 0.25) is 0 Å². The molecule has 4 aromatic rings. The van der Waals surface area contributed by atoms with Crippen molar-refractivity contribution < 1.29 is 42.5 Å². The quantitative estimate of drug-likeness (QED) is 0.229. The highest BCUT2D eigenvalue weighted by atomic mass is 19.4. The van der Waals surface area contributed by atoms with Gasteiger partial charge in [-0.3, -0.25) is 4.57 Å². The Kier molecular flexibility index (Phi) is 7.93. The molecule has 0 radical (unpaired) electrons. The normalized spacial score (nSPS) is 21.0. The van der Waals surface area contributed by atoms with Gasteiger partial charge in [-0.1, -0.05) is 35.5 Å². The highest BCUT2D eigenvalue weighted by molar-refractivity contribution is 5.83. The van der Waals surface area contributed by atoms with Crippen LogP contribution in [0.1, 0.15) is 29.6 Å². The molecule has 1 aliphatic heterocycles. The van der Waals surface area contributed by atoms with Crippen LogP contribution in [0, 0.1) is 6.92 Å². The van der Waals surface area contributed by atoms with Crippen LogP contribution in [0.25, 0.3) is 11.2 Å². The Balaban J connectivity index is 0.000000448. The third-order valence-corrected chi connectivity index (χ3v) is 5.53. The van der Waals surface area contributed by atoms with Gasteiger partial charge in [0.1, 0.15) is 17.7 Å². The molecule has 4 atom stereocenters. The zero-order valence-electron chi connectivity index (χ0n) is 20.1. The smallest absolute Gasteiger partial charge is 0.475 e. The maximum atomic E-state index is 10.6. The molecule has 208 valence electrons. The fourth-order valence-corrected chi connectivity index (χ4v) is 3.69. The van der Waals surface area contributed by atoms with E-state index in [1.54, 1.807) is 6.92 Å². The summed E-state index contributed by atoms with van der Waals surface area (Å²) in [6.07, 6.45) is -7.40. The number of hydrogen-bond acceptors (Lipinski definition) is 12. The molecule has 1 aromatic carbocycles. The lowest BCUT2D eigenvalue weighted by Gasteiger charge is -2.16. The second-order valence-electron chi connectivity index (χ2n) is 8.33. The summed E-state index contributed by atoms with van der Waals surface area (Å²) in [4.78, 5) is 26.0. The largest absolute Gasteiger partial charge is 0.490 e. The zero-order chi connectivity index (χ0) is 28.3. The van der Waals surface area contributed by atoms with E-state index in [1.807, 2.05) is 30.3 Å². The summed E-state index contributed by atoms with van der Waals surface area (Å²) in [5, 5.41) is 35.1. The first-order valence-corrected chi connectivity index (χ1v) is 11.4. The van der Waals surface area contributed by atoms with Gasteiger partial charge in [0.2, 0.25) is 5.95 Å². The number of hydrogen-bond donors (Lipinski definition) is 5. The second-order valence-corrected chi connectivity index (χ2v) is 8.33. The van der Waals surface area contributed by atoms with Crippen molar-refractivity contribution >= 4 is 28.9 Å². The van der Waals surface area contributed by atoms with Crippen molar-refractivity contribution in [2.75, 3.05) is 17.6 Å². The van der Waals surface area contributed by atoms with Crippen LogP contribution in [0.15, 0.2) is 41.2 Å². The van der Waals surface area contributed by atoms with Crippen molar-refractivity contribution in [1.29, 1.82) is 0 Å². The van der Waals surface area contributed by atoms with Crippen LogP contribution in [-0.4, -0.2) is 75.9 Å². The van der Waals surface area contributed by atoms with Gasteiger partial charge in [0.15, 0.2) is 29.6 Å². The highest BCUT2D eigenvalue weighted by Gasteiger charge is 2.47. The van der Waals surface area contributed by atoms with Gasteiger partial charge in [-0.25, -0.2) is 9.78 Å². The Labute approximate surface area is 217 Å². The topological polar surface area (TPSA) is 208 Å². The number of ether oxygens (including phenoxy) is 1. The third-order valence-electron chi connectivity index (χ3n) is 5.53. The number of aromatic nitrogens is 6. The van der Waals surface area contributed by atoms with Crippen molar-refractivity contribution in [2.24, 2.45) is 0 Å². The van der Waals surface area contributed by atoms with Gasteiger partial charge in [0.25, 0.3) is 5.89 Å². The van der Waals surface area contributed by atoms with Gasteiger partial charge in [0, 0.05) is 6.54 Å². The first-order chi connectivity index (χ1) is 18.5. The average Bonchev–Trinajstić information content (AvgIpc) is 3.58. The Hall–Kier alpha value is -4.35. The van der Waals surface area contributed by atoms with E-state index in [4.69, 9.17) is 24.9 Å². The minimum Gasteiger partial charge on any atom is -0.475 e. The van der Waals surface area contributed by atoms with Crippen LogP contribution >= 0.6 is 0 Å². The molecule has 6 N–H and O–H groups in total. The van der Waals surface area contributed by atoms with E-state index in [9.17, 15) is 23.4 Å². The lowest BCUT2D eigenvalue weighted by atomic mass is 10.1. The SMILES string of the molecule is Cc1noc([C@H]2O[C@@H](n3cnc4c(N)nc(NCCc5ccccc5)nc43)[C@H](O)[C@@H]2O)n1.O=C(O)C(F)(F)F. The predicted molar refractivity (Wildman–Crippen MR) is 126 cm³/mol. The molecule has 0 aliphatic carbocycles. The van der Waals surface area contributed by atoms with Crippen molar-refractivity contribution in [1.82, 2.24) is 29.7 Å². The lowest BCUT2D eigenvalue weighted by Crippen LogP contribution is -2.29. The third kappa shape index (κ3) is 6.21. The first kappa shape index (κ1) is 27.7. The summed E-state index contributed by atoms with van der Waals surface area (Å²) in [5.74, 6) is -1.77. The molecule has 17 heteroatoms. The number of aliphatic hydroxyl groups excluding tert-OH is 2. The predicted octanol–water partition coefficient (Wildman–Crippen LogP) is 1.38. The van der Waals surface area contributed by atoms with Crippen molar-refractivity contribution in [3.05, 3.63) is 53.9 Å². The number of nitrogen functional groups attached to an aromatic ring is 1. The summed E-state index contributed by atoms with van der Waals surface area (Å²) < 4.78 is 44.2. The van der Waals surface area contributed by atoms with Crippen LogP contribution in [-0.2, 0) is 16.0 Å². The molecule has 4 heterocycles. The minimum absolute atomic E-state index is 0.0818. The Morgan fingerprint density at radius 1 is 1.15 bits per heavy atom. The fourth-order valence-electron chi connectivity index (χ4n) is 3.69. The van der Waals surface area contributed by atoms with Crippen molar-refractivity contribution in [3.8, 4) is 0 Å². The summed E-state index contributed by atoms with van der Waals surface area (Å²) in [6, 6.07) is 10.0. The number of benzene rings is 1. The molecule has 0 bridgehead atoms. The lowest BCUT2D eigenvalue weighted by molar-refractivity contribution is -0.192. The summed E-state index contributed by atoms with van der Waals surface area (Å²) in [7, 11) is 0. The van der Waals surface area contributed by atoms with Crippen molar-refractivity contribution in [3.63, 3.8) is 0 Å². The number of nitrogens with one attached hydrogen (secondary N) is 1. The number of fused-ring (bicyclic) bond motifs is 1. The van der Waals surface area contributed by atoms with Gasteiger partial charge in [-0.15, -0.1) is 0 Å². The molecule has 1 fully saturated rings. The molecule has 0 unspecified atom stereocenters. The number of aryl methyl sites for hydroxylation is 1. The number of rotatable bonds is 6. The number of aliphatic hydroxyl groups is 2. The number of nitrogens with two attached hydrogens (primary N) is 1. The number of carbonyl (C=O) groups is 1. The van der Waals surface area contributed by atoms with E-state index in [1.165, 1.54) is 16.5 Å². The zero-order valence-corrected chi connectivity index (χ0v) is 20.1. The van der Waals surface area contributed by atoms with Crippen LogP contribution in [0.3, 0.4) is 0 Å². The maximum Gasteiger partial charge on any atom is 0.490 e. The van der Waals surface area contributed by atoms with E-state index in [2.05, 4.69) is 30.4 Å². The first-order valence-electron chi connectivity index (χ1n) is 11.4. The Morgan fingerprint density at radius 3 is 2.46 bits per heavy atom. The number of nitrogens with zero attached hydrogens (tertiary/aromatic N) is 6. The number of carboxylic acid groups (broad SMARTS) is 1. The molecule has 0 amide bonds. The van der Waals surface area contributed by atoms with Crippen LogP contribution in [0.5, 0.6) is 0 Å². The fraction of sp³-hybridized carbons (Fsp3) is 0.364. The van der Waals surface area contributed by atoms with Gasteiger partial charge in [-0.2, -0.15) is 28.1 Å². The van der Waals surface area contributed by atoms with Crippen LogP contribution in [0.4, 0.5) is 24.9 Å². The molecule has 0 saturated carbocycles. The maximum absolute atomic E-state index is 10.6. The molecular formula is C22H23F3N8O6. The van der Waals surface area contributed by atoms with Gasteiger partial charge >= 0.3 is 12.1 Å². The summed E-state index contributed by atoms with van der Waals surface area (Å²) in [6.45, 7) is 2.25. The Morgan fingerprint density at radius 2 is 1.85 bits per heavy atom. The van der Waals surface area contributed by atoms with Gasteiger partial charge in [-0.05, 0) is 18.9 Å². The number of anilines is 2. The molecule has 3 aromatic heterocycles. The number of imidazole rings is 1. The molecule has 0 spiro atoms. The standard InChI is InChI=1S/C20H22N8O4.C2HF3O2/c1-10-24-18(32-27-10)15-13(29)14(30)19(31-15)28-9-23-12-16(21)25-20(26-17(12)28)22-8-7-11-5-3-2-4-6-11;3-2(4,5)1(6)7/h2-6,9,13-15,19,29-30H,7-8H2,1H3,(H3,21,22,25,26);(H,6,7)/t13-,14+,15-,19+;/m0./s1. The molecule has 14 nitrogen and oxygen atoms in total. The second kappa shape index (κ2) is 11.2. The monoisotopic (exact) mass is 552 g/mol. The van der Waals surface area contributed by atoms with E-state index in [-0.39, 0.29) is 11.7 Å². The van der Waals surface area contributed by atoms with E-state index in [0.717, 1.165) is 6.42 Å². The van der Waals surface area contributed by atoms with Gasteiger partial charge in [0.05, 0.1) is 6.33 Å². The molecule has 1 saturated heterocycles. The van der Waals surface area contributed by atoms with Crippen LogP contribution < -0.4 is 11.1 Å². The summed E-state index contributed by atoms with van der Waals surface area (Å²) >= 11 is 0.